The zero-order valence-corrected chi connectivity index (χ0v) is 28.3. The van der Waals surface area contributed by atoms with Crippen molar-refractivity contribution in [3.63, 3.8) is 0 Å². The predicted molar refractivity (Wildman–Crippen MR) is 174 cm³/mol. The van der Waals surface area contributed by atoms with Gasteiger partial charge >= 0.3 is 21.7 Å². The molecule has 1 aliphatic carbocycles. The van der Waals surface area contributed by atoms with Crippen LogP contribution in [0.1, 0.15) is 75.1 Å². The van der Waals surface area contributed by atoms with E-state index in [1.807, 2.05) is 85.8 Å². The van der Waals surface area contributed by atoms with Crippen molar-refractivity contribution in [1.29, 1.82) is 0 Å². The molecule has 2 atom stereocenters. The van der Waals surface area contributed by atoms with E-state index in [9.17, 15) is 0 Å². The van der Waals surface area contributed by atoms with Crippen LogP contribution in [-0.4, -0.2) is 18.0 Å². The maximum Gasteiger partial charge on any atom is 4.00 e. The molecule has 0 radical (unpaired) electrons. The fraction of sp³-hybridized carbons (Fsp3) is 0.325. The second-order valence-corrected chi connectivity index (χ2v) is 11.7. The van der Waals surface area contributed by atoms with Gasteiger partial charge in [-0.3, -0.25) is 0 Å². The molecule has 4 aromatic rings. The van der Waals surface area contributed by atoms with Crippen molar-refractivity contribution in [2.45, 2.75) is 82.1 Å². The zero-order valence-electron chi connectivity index (χ0n) is 26.7. The molecule has 1 saturated heterocycles. The summed E-state index contributed by atoms with van der Waals surface area (Å²) in [5.41, 5.74) is -1.70. The predicted octanol–water partition coefficient (Wildman–Crippen LogP) is 7.46. The van der Waals surface area contributed by atoms with Crippen LogP contribution in [0, 0.1) is 6.92 Å². The molecule has 0 aromatic heterocycles. The van der Waals surface area contributed by atoms with Crippen LogP contribution in [0.15, 0.2) is 133 Å². The minimum atomic E-state index is -1.89. The Morgan fingerprint density at radius 1 is 0.578 bits per heavy atom. The van der Waals surface area contributed by atoms with Gasteiger partial charge in [-0.1, -0.05) is 176 Å². The monoisotopic (exact) mass is 637 g/mol. The van der Waals surface area contributed by atoms with Crippen molar-refractivity contribution in [2.24, 2.45) is 0 Å². The van der Waals surface area contributed by atoms with E-state index in [4.69, 9.17) is 9.47 Å². The van der Waals surface area contributed by atoms with Gasteiger partial charge in [0.25, 0.3) is 0 Å². The maximum absolute atomic E-state index is 15.2. The Hall–Kier alpha value is -2.96. The van der Waals surface area contributed by atoms with E-state index >= 15 is 10.2 Å². The molecule has 0 N–H and O–H groups in total. The topological polar surface area (TPSA) is 64.6 Å². The first kappa shape index (κ1) is 36.5. The van der Waals surface area contributed by atoms with Crippen LogP contribution in [0.25, 0.3) is 0 Å². The molecule has 5 heteroatoms. The molecule has 2 fully saturated rings. The average Bonchev–Trinajstić information content (AvgIpc) is 3.78. The summed E-state index contributed by atoms with van der Waals surface area (Å²) in [4.78, 5) is 0. The molecule has 0 amide bonds. The summed E-state index contributed by atoms with van der Waals surface area (Å²) >= 11 is 0. The average molecular weight is 638 g/mol. The van der Waals surface area contributed by atoms with Gasteiger partial charge in [0, 0.05) is 0 Å². The van der Waals surface area contributed by atoms with Crippen molar-refractivity contribution in [2.75, 3.05) is 0 Å². The smallest absolute Gasteiger partial charge is 0.841 e. The summed E-state index contributed by atoms with van der Waals surface area (Å²) in [6.07, 6.45) is 8.92. The minimum Gasteiger partial charge on any atom is -0.841 e. The maximum atomic E-state index is 15.2. The molecule has 4 aromatic carbocycles. The normalized spacial score (nSPS) is 19.0. The number of rotatable bonds is 6. The molecule has 0 bridgehead atoms. The van der Waals surface area contributed by atoms with Gasteiger partial charge in [0.1, 0.15) is 0 Å². The van der Waals surface area contributed by atoms with E-state index in [0.717, 1.165) is 0 Å². The quantitative estimate of drug-likeness (QED) is 0.163. The SMILES string of the molecule is C1CCCC1.CC1(C)O[C@H](C([O-])(c2ccccc2)c2ccccc2)[C@@H](C([O-])(c2ccccc2)c2ccccc2)O1.[CH2-]/C=C/C.[Ti+4]. The van der Waals surface area contributed by atoms with Crippen molar-refractivity contribution >= 4 is 0 Å². The van der Waals surface area contributed by atoms with Crippen LogP contribution in [0.3, 0.4) is 0 Å². The third kappa shape index (κ3) is 8.65. The van der Waals surface area contributed by atoms with Gasteiger partial charge in [0.05, 0.1) is 12.2 Å². The van der Waals surface area contributed by atoms with Gasteiger partial charge in [-0.05, 0) is 25.0 Å². The molecule has 6 rings (SSSR count). The molecule has 0 spiro atoms. The second kappa shape index (κ2) is 17.1. The molecule has 0 unspecified atom stereocenters. The Morgan fingerprint density at radius 3 is 1.00 bits per heavy atom. The Kier molecular flexibility index (Phi) is 13.9. The van der Waals surface area contributed by atoms with Crippen molar-refractivity contribution in [1.82, 2.24) is 0 Å². The van der Waals surface area contributed by atoms with E-state index in [-0.39, 0.29) is 21.7 Å². The summed E-state index contributed by atoms with van der Waals surface area (Å²) < 4.78 is 12.8. The molecule has 1 heterocycles. The molecule has 45 heavy (non-hydrogen) atoms. The Bertz CT molecular complexity index is 1210. The van der Waals surface area contributed by atoms with Crippen LogP contribution in [0.5, 0.6) is 0 Å². The molecule has 232 valence electrons. The molecule has 2 aliphatic rings. The molecule has 1 aliphatic heterocycles. The van der Waals surface area contributed by atoms with Gasteiger partial charge in [-0.25, -0.2) is 19.1 Å². The zero-order chi connectivity index (χ0) is 31.5. The first-order valence-electron chi connectivity index (χ1n) is 15.7. The van der Waals surface area contributed by atoms with Gasteiger partial charge in [0.2, 0.25) is 0 Å². The van der Waals surface area contributed by atoms with Crippen LogP contribution < -0.4 is 10.2 Å². The van der Waals surface area contributed by atoms with Crippen molar-refractivity contribution in [3.05, 3.63) is 163 Å². The standard InChI is InChI=1S/C31H28O4.C5H10.C4H7.Ti/c1-29(2)34-27(30(32,23-15-7-3-8-16-23)24-17-9-4-10-18-24)28(35-29)31(33,25-19-11-5-12-20-25)26-21-13-6-14-22-26;1-2-4-5-3-1;1-3-4-2;/h3-22,27-28H,1-2H3;1-5H2;3-4H,1H2,2H3;/q-2;;-1;+4/b;;4-3+;/t27-,28-;;;/m0.../s1. The molecule has 4 nitrogen and oxygen atoms in total. The van der Waals surface area contributed by atoms with Crippen LogP contribution >= 0.6 is 0 Å². The summed E-state index contributed by atoms with van der Waals surface area (Å²) in [6.45, 7) is 8.87. The Morgan fingerprint density at radius 2 is 0.800 bits per heavy atom. The summed E-state index contributed by atoms with van der Waals surface area (Å²) in [7, 11) is 0. The van der Waals surface area contributed by atoms with Crippen molar-refractivity contribution in [3.8, 4) is 0 Å². The molecule has 1 saturated carbocycles. The Balaban J connectivity index is 0.000000482. The van der Waals surface area contributed by atoms with Crippen LogP contribution in [-0.2, 0) is 42.4 Å². The van der Waals surface area contributed by atoms with E-state index in [0.29, 0.717) is 22.3 Å². The number of benzene rings is 4. The number of allylic oxidation sites excluding steroid dienone is 2. The summed E-state index contributed by atoms with van der Waals surface area (Å²) in [6, 6.07) is 36.5. The van der Waals surface area contributed by atoms with E-state index < -0.39 is 29.2 Å². The number of ether oxygens (including phenoxy) is 2. The second-order valence-electron chi connectivity index (χ2n) is 11.7. The fourth-order valence-electron chi connectivity index (χ4n) is 5.97. The van der Waals surface area contributed by atoms with E-state index in [1.54, 1.807) is 68.5 Å². The number of hydrogen-bond donors (Lipinski definition) is 0. The number of hydrogen-bond acceptors (Lipinski definition) is 4. The third-order valence-corrected chi connectivity index (χ3v) is 8.19. The largest absolute Gasteiger partial charge is 4.00 e. The first-order chi connectivity index (χ1) is 21.3. The van der Waals surface area contributed by atoms with Gasteiger partial charge in [0.15, 0.2) is 5.79 Å². The summed E-state index contributed by atoms with van der Waals surface area (Å²) in [5.74, 6) is -1.13. The fourth-order valence-corrected chi connectivity index (χ4v) is 5.97. The Labute approximate surface area is 285 Å². The molecular weight excluding hydrogens is 592 g/mol. The van der Waals surface area contributed by atoms with Gasteiger partial charge in [-0.15, -0.1) is 6.92 Å². The van der Waals surface area contributed by atoms with E-state index in [1.165, 1.54) is 32.1 Å². The van der Waals surface area contributed by atoms with Crippen LogP contribution in [0.4, 0.5) is 0 Å². The van der Waals surface area contributed by atoms with E-state index in [2.05, 4.69) is 6.92 Å². The minimum absolute atomic E-state index is 0. The van der Waals surface area contributed by atoms with Crippen LogP contribution in [0.2, 0.25) is 0 Å². The van der Waals surface area contributed by atoms with Crippen molar-refractivity contribution < 1.29 is 41.4 Å². The molecular formula is C40H45O4Ti+. The summed E-state index contributed by atoms with van der Waals surface area (Å²) in [5, 5.41) is 30.3. The van der Waals surface area contributed by atoms with Gasteiger partial charge in [-0.2, -0.15) is 0 Å². The first-order valence-corrected chi connectivity index (χ1v) is 15.7. The van der Waals surface area contributed by atoms with Gasteiger partial charge < -0.3 is 19.7 Å². The third-order valence-electron chi connectivity index (χ3n) is 8.19.